The molecule has 0 saturated heterocycles. The average Bonchev–Trinajstić information content (AvgIpc) is 2.77. The van der Waals surface area contributed by atoms with Crippen LogP contribution < -0.4 is 5.32 Å². The van der Waals surface area contributed by atoms with E-state index in [1.807, 2.05) is 10.7 Å². The fourth-order valence-corrected chi connectivity index (χ4v) is 1.77. The molecule has 0 aliphatic carbocycles. The van der Waals surface area contributed by atoms with Gasteiger partial charge in [0.05, 0.1) is 12.2 Å². The second kappa shape index (κ2) is 5.62. The predicted molar refractivity (Wildman–Crippen MR) is 66.2 cm³/mol. The normalized spacial score (nSPS) is 10.6. The van der Waals surface area contributed by atoms with Crippen LogP contribution in [0.5, 0.6) is 0 Å². The van der Waals surface area contributed by atoms with Crippen LogP contribution >= 0.6 is 0 Å². The molecule has 0 saturated carbocycles. The largest absolute Gasteiger partial charge is 0.375 e. The van der Waals surface area contributed by atoms with Gasteiger partial charge in [-0.25, -0.2) is 8.78 Å². The number of hydrogen-bond donors (Lipinski definition) is 1. The van der Waals surface area contributed by atoms with Gasteiger partial charge < -0.3 is 5.32 Å². The zero-order valence-electron chi connectivity index (χ0n) is 10.2. The Hall–Kier alpha value is -1.91. The van der Waals surface area contributed by atoms with E-state index in [0.29, 0.717) is 6.54 Å². The third kappa shape index (κ3) is 2.67. The highest BCUT2D eigenvalue weighted by Gasteiger charge is 2.08. The van der Waals surface area contributed by atoms with Crippen molar-refractivity contribution < 1.29 is 8.78 Å². The Balaban J connectivity index is 2.09. The van der Waals surface area contributed by atoms with Crippen molar-refractivity contribution in [1.29, 1.82) is 0 Å². The van der Waals surface area contributed by atoms with Gasteiger partial charge in [-0.05, 0) is 24.6 Å². The van der Waals surface area contributed by atoms with Crippen molar-refractivity contribution in [2.45, 2.75) is 26.4 Å². The van der Waals surface area contributed by atoms with E-state index in [9.17, 15) is 8.78 Å². The number of nitrogens with one attached hydrogen (secondary N) is 1. The summed E-state index contributed by atoms with van der Waals surface area (Å²) in [5.41, 5.74) is 0.807. The van der Waals surface area contributed by atoms with Crippen LogP contribution in [0.3, 0.4) is 0 Å². The first-order valence-corrected chi connectivity index (χ1v) is 5.91. The quantitative estimate of drug-likeness (QED) is 0.884. The van der Waals surface area contributed by atoms with Gasteiger partial charge in [-0.2, -0.15) is 5.10 Å². The van der Waals surface area contributed by atoms with Gasteiger partial charge in [0.25, 0.3) is 0 Å². The van der Waals surface area contributed by atoms with Crippen LogP contribution in [0, 0.1) is 11.6 Å². The van der Waals surface area contributed by atoms with Crippen LogP contribution in [-0.2, 0) is 13.1 Å². The predicted octanol–water partition coefficient (Wildman–Crippen LogP) is 3.18. The SMILES string of the molecule is CCCn1nccc1CNc1c(F)cccc1F. The molecule has 2 rings (SSSR count). The molecule has 2 aromatic rings. The number of nitrogens with zero attached hydrogens (tertiary/aromatic N) is 2. The number of halogens is 2. The lowest BCUT2D eigenvalue weighted by Crippen LogP contribution is -2.10. The Morgan fingerprint density at radius 3 is 2.61 bits per heavy atom. The maximum absolute atomic E-state index is 13.4. The van der Waals surface area contributed by atoms with E-state index >= 15 is 0 Å². The number of anilines is 1. The summed E-state index contributed by atoms with van der Waals surface area (Å²) in [4.78, 5) is 0. The Morgan fingerprint density at radius 1 is 1.22 bits per heavy atom. The van der Waals surface area contributed by atoms with Gasteiger partial charge in [0.2, 0.25) is 0 Å². The summed E-state index contributed by atoms with van der Waals surface area (Å²) in [7, 11) is 0. The molecule has 0 spiro atoms. The third-order valence-electron chi connectivity index (χ3n) is 2.65. The summed E-state index contributed by atoms with van der Waals surface area (Å²) in [6, 6.07) is 5.64. The minimum Gasteiger partial charge on any atom is -0.375 e. The van der Waals surface area contributed by atoms with E-state index in [4.69, 9.17) is 0 Å². The number of aryl methyl sites for hydroxylation is 1. The fourth-order valence-electron chi connectivity index (χ4n) is 1.77. The lowest BCUT2D eigenvalue weighted by atomic mass is 10.3. The Labute approximate surface area is 104 Å². The van der Waals surface area contributed by atoms with E-state index < -0.39 is 11.6 Å². The highest BCUT2D eigenvalue weighted by Crippen LogP contribution is 2.18. The van der Waals surface area contributed by atoms with Gasteiger partial charge >= 0.3 is 0 Å². The molecule has 0 atom stereocenters. The highest BCUT2D eigenvalue weighted by molar-refractivity contribution is 5.46. The van der Waals surface area contributed by atoms with Crippen molar-refractivity contribution in [1.82, 2.24) is 9.78 Å². The molecule has 18 heavy (non-hydrogen) atoms. The zero-order chi connectivity index (χ0) is 13.0. The molecule has 96 valence electrons. The van der Waals surface area contributed by atoms with Crippen molar-refractivity contribution in [2.75, 3.05) is 5.32 Å². The molecule has 1 heterocycles. The van der Waals surface area contributed by atoms with Crippen LogP contribution in [0.15, 0.2) is 30.5 Å². The monoisotopic (exact) mass is 251 g/mol. The van der Waals surface area contributed by atoms with Crippen molar-refractivity contribution in [3.05, 3.63) is 47.8 Å². The molecule has 0 amide bonds. The van der Waals surface area contributed by atoms with Crippen LogP contribution in [0.25, 0.3) is 0 Å². The molecule has 1 N–H and O–H groups in total. The van der Waals surface area contributed by atoms with Crippen molar-refractivity contribution >= 4 is 5.69 Å². The molecule has 3 nitrogen and oxygen atoms in total. The highest BCUT2D eigenvalue weighted by atomic mass is 19.1. The van der Waals surface area contributed by atoms with Crippen LogP contribution in [0.1, 0.15) is 19.0 Å². The lowest BCUT2D eigenvalue weighted by molar-refractivity contribution is 0.571. The van der Waals surface area contributed by atoms with Gasteiger partial charge in [-0.3, -0.25) is 4.68 Å². The maximum atomic E-state index is 13.4. The minimum atomic E-state index is -0.587. The molecule has 5 heteroatoms. The molecule has 1 aromatic heterocycles. The minimum absolute atomic E-state index is 0.0956. The summed E-state index contributed by atoms with van der Waals surface area (Å²) in [6.45, 7) is 3.19. The first-order chi connectivity index (χ1) is 8.72. The van der Waals surface area contributed by atoms with E-state index in [0.717, 1.165) is 18.7 Å². The lowest BCUT2D eigenvalue weighted by Gasteiger charge is -2.10. The van der Waals surface area contributed by atoms with Crippen LogP contribution in [-0.4, -0.2) is 9.78 Å². The molecule has 0 aliphatic rings. The Kier molecular flexibility index (Phi) is 3.92. The second-order valence-corrected chi connectivity index (χ2v) is 4.00. The molecule has 0 radical (unpaired) electrons. The summed E-state index contributed by atoms with van der Waals surface area (Å²) in [5.74, 6) is -1.17. The number of para-hydroxylation sites is 1. The summed E-state index contributed by atoms with van der Waals surface area (Å²) >= 11 is 0. The topological polar surface area (TPSA) is 29.9 Å². The van der Waals surface area contributed by atoms with E-state index in [-0.39, 0.29) is 5.69 Å². The molecule has 0 aliphatic heterocycles. The molecule has 0 bridgehead atoms. The van der Waals surface area contributed by atoms with Gasteiger partial charge in [-0.15, -0.1) is 0 Å². The summed E-state index contributed by atoms with van der Waals surface area (Å²) in [6.07, 6.45) is 2.65. The maximum Gasteiger partial charge on any atom is 0.149 e. The molecule has 0 unspecified atom stereocenters. The van der Waals surface area contributed by atoms with Gasteiger partial charge in [0, 0.05) is 12.7 Å². The smallest absolute Gasteiger partial charge is 0.149 e. The number of benzene rings is 1. The van der Waals surface area contributed by atoms with E-state index in [1.165, 1.54) is 18.2 Å². The molecular formula is C13H15F2N3. The van der Waals surface area contributed by atoms with Crippen LogP contribution in [0.2, 0.25) is 0 Å². The van der Waals surface area contributed by atoms with Crippen molar-refractivity contribution in [3.8, 4) is 0 Å². The Bertz CT molecular complexity index is 502. The molecular weight excluding hydrogens is 236 g/mol. The van der Waals surface area contributed by atoms with Gasteiger partial charge in [0.1, 0.15) is 17.3 Å². The van der Waals surface area contributed by atoms with Crippen molar-refractivity contribution in [2.24, 2.45) is 0 Å². The standard InChI is InChI=1S/C13H15F2N3/c1-2-8-18-10(6-7-17-18)9-16-13-11(14)4-3-5-12(13)15/h3-7,16H,2,8-9H2,1H3. The number of rotatable bonds is 5. The van der Waals surface area contributed by atoms with Gasteiger partial charge in [-0.1, -0.05) is 13.0 Å². The number of hydrogen-bond acceptors (Lipinski definition) is 2. The summed E-state index contributed by atoms with van der Waals surface area (Å²) < 4.78 is 28.6. The Morgan fingerprint density at radius 2 is 1.94 bits per heavy atom. The molecule has 1 aromatic carbocycles. The first kappa shape index (κ1) is 12.5. The van der Waals surface area contributed by atoms with Gasteiger partial charge in [0.15, 0.2) is 0 Å². The number of aromatic nitrogens is 2. The zero-order valence-corrected chi connectivity index (χ0v) is 10.2. The molecule has 0 fully saturated rings. The first-order valence-electron chi connectivity index (χ1n) is 5.91. The fraction of sp³-hybridized carbons (Fsp3) is 0.308. The third-order valence-corrected chi connectivity index (χ3v) is 2.65. The van der Waals surface area contributed by atoms with E-state index in [1.54, 1.807) is 6.20 Å². The summed E-state index contributed by atoms with van der Waals surface area (Å²) in [5, 5.41) is 6.92. The average molecular weight is 251 g/mol. The van der Waals surface area contributed by atoms with Crippen LogP contribution in [0.4, 0.5) is 14.5 Å². The second-order valence-electron chi connectivity index (χ2n) is 4.00. The van der Waals surface area contributed by atoms with Crippen molar-refractivity contribution in [3.63, 3.8) is 0 Å². The van der Waals surface area contributed by atoms with E-state index in [2.05, 4.69) is 17.3 Å².